The number of halogens is 2. The molecule has 0 aliphatic carbocycles. The van der Waals surface area contributed by atoms with Crippen LogP contribution in [0.2, 0.25) is 0 Å². The van der Waals surface area contributed by atoms with Crippen LogP contribution in [0.3, 0.4) is 0 Å². The average Bonchev–Trinajstić information content (AvgIpc) is 2.47. The summed E-state index contributed by atoms with van der Waals surface area (Å²) in [6, 6.07) is 12.2. The predicted molar refractivity (Wildman–Crippen MR) is 81.4 cm³/mol. The van der Waals surface area contributed by atoms with Gasteiger partial charge in [-0.3, -0.25) is 4.79 Å². The molecule has 2 aromatic rings. The van der Waals surface area contributed by atoms with Crippen LogP contribution in [-0.4, -0.2) is 5.91 Å². The number of rotatable bonds is 4. The lowest BCUT2D eigenvalue weighted by atomic mass is 10.1. The first-order chi connectivity index (χ1) is 9.60. The summed E-state index contributed by atoms with van der Waals surface area (Å²) in [5.41, 5.74) is 3.31. The van der Waals surface area contributed by atoms with Gasteiger partial charge in [-0.1, -0.05) is 46.3 Å². The van der Waals surface area contributed by atoms with Crippen molar-refractivity contribution in [1.29, 1.82) is 0 Å². The van der Waals surface area contributed by atoms with Gasteiger partial charge in [0.05, 0.1) is 0 Å². The number of hydrogen-bond acceptors (Lipinski definition) is 1. The van der Waals surface area contributed by atoms with Gasteiger partial charge < -0.3 is 5.32 Å². The van der Waals surface area contributed by atoms with Crippen molar-refractivity contribution >= 4 is 21.8 Å². The SMILES string of the molecule is Cc1ccc(F)cc1C(=O)NCc1cccc(CBr)c1. The van der Waals surface area contributed by atoms with E-state index in [2.05, 4.69) is 21.2 Å². The van der Waals surface area contributed by atoms with Crippen molar-refractivity contribution in [1.82, 2.24) is 5.32 Å². The third-order valence-electron chi connectivity index (χ3n) is 3.04. The Balaban J connectivity index is 2.06. The molecule has 2 rings (SSSR count). The van der Waals surface area contributed by atoms with Gasteiger partial charge in [-0.2, -0.15) is 0 Å². The molecule has 0 fully saturated rings. The molecule has 0 atom stereocenters. The molecule has 1 N–H and O–H groups in total. The maximum absolute atomic E-state index is 13.2. The highest BCUT2D eigenvalue weighted by Gasteiger charge is 2.09. The Morgan fingerprint density at radius 3 is 2.70 bits per heavy atom. The number of alkyl halides is 1. The second kappa shape index (κ2) is 6.66. The summed E-state index contributed by atoms with van der Waals surface area (Å²) < 4.78 is 13.2. The van der Waals surface area contributed by atoms with Gasteiger partial charge in [0, 0.05) is 17.4 Å². The number of benzene rings is 2. The van der Waals surface area contributed by atoms with Gasteiger partial charge >= 0.3 is 0 Å². The molecule has 0 saturated carbocycles. The Labute approximate surface area is 126 Å². The molecule has 0 spiro atoms. The van der Waals surface area contributed by atoms with Crippen molar-refractivity contribution in [3.05, 3.63) is 70.5 Å². The molecule has 0 heterocycles. The van der Waals surface area contributed by atoms with E-state index in [9.17, 15) is 9.18 Å². The molecule has 0 bridgehead atoms. The maximum Gasteiger partial charge on any atom is 0.251 e. The molecule has 20 heavy (non-hydrogen) atoms. The fourth-order valence-corrected chi connectivity index (χ4v) is 2.29. The number of carbonyl (C=O) groups excluding carboxylic acids is 1. The van der Waals surface area contributed by atoms with Crippen LogP contribution in [-0.2, 0) is 11.9 Å². The van der Waals surface area contributed by atoms with E-state index in [0.717, 1.165) is 22.0 Å². The van der Waals surface area contributed by atoms with E-state index in [-0.39, 0.29) is 5.91 Å². The van der Waals surface area contributed by atoms with E-state index in [0.29, 0.717) is 12.1 Å². The zero-order chi connectivity index (χ0) is 14.5. The Morgan fingerprint density at radius 2 is 1.95 bits per heavy atom. The van der Waals surface area contributed by atoms with E-state index in [1.165, 1.54) is 12.1 Å². The van der Waals surface area contributed by atoms with E-state index in [1.54, 1.807) is 13.0 Å². The lowest BCUT2D eigenvalue weighted by molar-refractivity contribution is 0.0950. The average molecular weight is 336 g/mol. The highest BCUT2D eigenvalue weighted by atomic mass is 79.9. The van der Waals surface area contributed by atoms with Crippen LogP contribution >= 0.6 is 15.9 Å². The minimum atomic E-state index is -0.401. The number of amides is 1. The quantitative estimate of drug-likeness (QED) is 0.842. The van der Waals surface area contributed by atoms with Gasteiger partial charge in [0.1, 0.15) is 5.82 Å². The summed E-state index contributed by atoms with van der Waals surface area (Å²) >= 11 is 3.40. The number of hydrogen-bond donors (Lipinski definition) is 1. The Bertz CT molecular complexity index is 628. The molecular formula is C16H15BrFNO. The van der Waals surface area contributed by atoms with E-state index < -0.39 is 5.82 Å². The lowest BCUT2D eigenvalue weighted by Gasteiger charge is -2.08. The molecule has 4 heteroatoms. The Kier molecular flexibility index (Phi) is 4.90. The van der Waals surface area contributed by atoms with Crippen LogP contribution in [0.5, 0.6) is 0 Å². The van der Waals surface area contributed by atoms with Crippen molar-refractivity contribution in [3.63, 3.8) is 0 Å². The molecular weight excluding hydrogens is 321 g/mol. The van der Waals surface area contributed by atoms with Crippen molar-refractivity contribution in [2.75, 3.05) is 0 Å². The molecule has 0 saturated heterocycles. The second-order valence-corrected chi connectivity index (χ2v) is 5.16. The summed E-state index contributed by atoms with van der Waals surface area (Å²) in [6.45, 7) is 2.22. The van der Waals surface area contributed by atoms with Crippen LogP contribution in [0, 0.1) is 12.7 Å². The van der Waals surface area contributed by atoms with E-state index in [1.807, 2.05) is 24.3 Å². The molecule has 0 unspecified atom stereocenters. The molecule has 0 aliphatic heterocycles. The topological polar surface area (TPSA) is 29.1 Å². The first-order valence-corrected chi connectivity index (χ1v) is 7.40. The number of carbonyl (C=O) groups is 1. The summed E-state index contributed by atoms with van der Waals surface area (Å²) in [4.78, 5) is 12.1. The smallest absolute Gasteiger partial charge is 0.251 e. The van der Waals surface area contributed by atoms with Crippen LogP contribution in [0.1, 0.15) is 27.0 Å². The van der Waals surface area contributed by atoms with Crippen LogP contribution in [0.4, 0.5) is 4.39 Å². The third kappa shape index (κ3) is 3.67. The zero-order valence-corrected chi connectivity index (χ0v) is 12.7. The van der Waals surface area contributed by atoms with Crippen molar-refractivity contribution in [2.24, 2.45) is 0 Å². The van der Waals surface area contributed by atoms with Crippen LogP contribution in [0.15, 0.2) is 42.5 Å². The van der Waals surface area contributed by atoms with Gasteiger partial charge in [-0.05, 0) is 35.7 Å². The van der Waals surface area contributed by atoms with Crippen LogP contribution < -0.4 is 5.32 Å². The van der Waals surface area contributed by atoms with Crippen molar-refractivity contribution < 1.29 is 9.18 Å². The molecule has 0 radical (unpaired) electrons. The van der Waals surface area contributed by atoms with E-state index >= 15 is 0 Å². The van der Waals surface area contributed by atoms with E-state index in [4.69, 9.17) is 0 Å². The molecule has 2 nitrogen and oxygen atoms in total. The molecule has 2 aromatic carbocycles. The third-order valence-corrected chi connectivity index (χ3v) is 3.69. The first-order valence-electron chi connectivity index (χ1n) is 6.28. The summed E-state index contributed by atoms with van der Waals surface area (Å²) in [5, 5.41) is 3.59. The number of nitrogens with one attached hydrogen (secondary N) is 1. The summed E-state index contributed by atoms with van der Waals surface area (Å²) in [6.07, 6.45) is 0. The minimum Gasteiger partial charge on any atom is -0.348 e. The van der Waals surface area contributed by atoms with Gasteiger partial charge in [0.15, 0.2) is 0 Å². The zero-order valence-electron chi connectivity index (χ0n) is 11.1. The fourth-order valence-electron chi connectivity index (χ4n) is 1.94. The molecule has 1 amide bonds. The molecule has 104 valence electrons. The normalized spacial score (nSPS) is 10.3. The largest absolute Gasteiger partial charge is 0.348 e. The number of aryl methyl sites for hydroxylation is 1. The monoisotopic (exact) mass is 335 g/mol. The summed E-state index contributed by atoms with van der Waals surface area (Å²) in [5.74, 6) is -0.659. The van der Waals surface area contributed by atoms with Crippen molar-refractivity contribution in [2.45, 2.75) is 18.8 Å². The van der Waals surface area contributed by atoms with Gasteiger partial charge in [0.2, 0.25) is 0 Å². The van der Waals surface area contributed by atoms with Crippen molar-refractivity contribution in [3.8, 4) is 0 Å². The molecule has 0 aliphatic rings. The second-order valence-electron chi connectivity index (χ2n) is 4.60. The van der Waals surface area contributed by atoms with Gasteiger partial charge in [-0.25, -0.2) is 4.39 Å². The Hall–Kier alpha value is -1.68. The highest BCUT2D eigenvalue weighted by molar-refractivity contribution is 9.08. The van der Waals surface area contributed by atoms with Crippen LogP contribution in [0.25, 0.3) is 0 Å². The highest BCUT2D eigenvalue weighted by Crippen LogP contribution is 2.12. The lowest BCUT2D eigenvalue weighted by Crippen LogP contribution is -2.23. The minimum absolute atomic E-state index is 0.258. The van der Waals surface area contributed by atoms with Gasteiger partial charge in [0.25, 0.3) is 5.91 Å². The standard InChI is InChI=1S/C16H15BrFNO/c1-11-5-6-14(18)8-15(11)16(20)19-10-13-4-2-3-12(7-13)9-17/h2-8H,9-10H2,1H3,(H,19,20). The predicted octanol–water partition coefficient (Wildman–Crippen LogP) is 3.96. The first kappa shape index (κ1) is 14.7. The summed E-state index contributed by atoms with van der Waals surface area (Å²) in [7, 11) is 0. The Morgan fingerprint density at radius 1 is 1.20 bits per heavy atom. The molecule has 0 aromatic heterocycles. The van der Waals surface area contributed by atoms with Gasteiger partial charge in [-0.15, -0.1) is 0 Å². The fraction of sp³-hybridized carbons (Fsp3) is 0.188. The maximum atomic E-state index is 13.2.